The number of carbonyl (C=O) groups is 2. The van der Waals surface area contributed by atoms with Crippen molar-refractivity contribution < 1.29 is 9.59 Å². The Bertz CT molecular complexity index is 838. The van der Waals surface area contributed by atoms with Gasteiger partial charge in [-0.25, -0.2) is 0 Å². The summed E-state index contributed by atoms with van der Waals surface area (Å²) in [6.07, 6.45) is 0.752. The van der Waals surface area contributed by atoms with Crippen molar-refractivity contribution in [2.24, 2.45) is 0 Å². The van der Waals surface area contributed by atoms with Crippen LogP contribution in [0.15, 0.2) is 60.0 Å². The molecule has 1 atom stereocenters. The highest BCUT2D eigenvalue weighted by atomic mass is 32.1. The van der Waals surface area contributed by atoms with Crippen molar-refractivity contribution in [1.29, 1.82) is 0 Å². The van der Waals surface area contributed by atoms with Gasteiger partial charge in [-0.15, -0.1) is 22.7 Å². The molecule has 3 aromatic rings. The predicted octanol–water partition coefficient (Wildman–Crippen LogP) is 4.85. The minimum Gasteiger partial charge on any atom is -0.351 e. The molecule has 2 aromatic heterocycles. The van der Waals surface area contributed by atoms with Crippen LogP contribution in [-0.2, 0) is 11.3 Å². The Kier molecular flexibility index (Phi) is 5.79. The molecule has 25 heavy (non-hydrogen) atoms. The highest BCUT2D eigenvalue weighted by molar-refractivity contribution is 7.16. The zero-order valence-corrected chi connectivity index (χ0v) is 15.5. The van der Waals surface area contributed by atoms with E-state index in [1.807, 2.05) is 66.9 Å². The number of ketones is 1. The Morgan fingerprint density at radius 3 is 2.48 bits per heavy atom. The topological polar surface area (TPSA) is 46.2 Å². The molecule has 3 nitrogen and oxygen atoms in total. The van der Waals surface area contributed by atoms with Gasteiger partial charge in [0.25, 0.3) is 0 Å². The number of carbonyl (C=O) groups excluding carboxylic acids is 2. The maximum atomic E-state index is 12.5. The van der Waals surface area contributed by atoms with Crippen LogP contribution in [0, 0.1) is 0 Å². The first-order valence-electron chi connectivity index (χ1n) is 8.18. The van der Waals surface area contributed by atoms with Gasteiger partial charge >= 0.3 is 0 Å². The zero-order chi connectivity index (χ0) is 17.6. The van der Waals surface area contributed by atoms with E-state index in [0.717, 1.165) is 21.7 Å². The molecular weight excluding hydrogens is 350 g/mol. The van der Waals surface area contributed by atoms with Crippen LogP contribution in [0.2, 0.25) is 0 Å². The summed E-state index contributed by atoms with van der Waals surface area (Å²) in [7, 11) is 0. The summed E-state index contributed by atoms with van der Waals surface area (Å²) in [6, 6.07) is 17.3. The molecule has 0 spiro atoms. The molecule has 1 aromatic carbocycles. The monoisotopic (exact) mass is 369 g/mol. The van der Waals surface area contributed by atoms with Gasteiger partial charge in [-0.2, -0.15) is 0 Å². The van der Waals surface area contributed by atoms with Gasteiger partial charge in [0.2, 0.25) is 11.7 Å². The van der Waals surface area contributed by atoms with Crippen molar-refractivity contribution >= 4 is 34.4 Å². The number of thiophene rings is 2. The van der Waals surface area contributed by atoms with E-state index >= 15 is 0 Å². The van der Waals surface area contributed by atoms with Crippen molar-refractivity contribution in [2.45, 2.75) is 25.8 Å². The van der Waals surface area contributed by atoms with Crippen LogP contribution in [-0.4, -0.2) is 11.7 Å². The normalized spacial score (nSPS) is 11.9. The summed E-state index contributed by atoms with van der Waals surface area (Å²) in [4.78, 5) is 27.3. The van der Waals surface area contributed by atoms with Gasteiger partial charge in [0, 0.05) is 4.88 Å². The molecule has 0 saturated heterocycles. The largest absolute Gasteiger partial charge is 0.351 e. The van der Waals surface area contributed by atoms with Gasteiger partial charge in [0.1, 0.15) is 0 Å². The van der Waals surface area contributed by atoms with E-state index in [1.165, 1.54) is 22.7 Å². The van der Waals surface area contributed by atoms with E-state index in [4.69, 9.17) is 0 Å². The Hall–Kier alpha value is -2.24. The smallest absolute Gasteiger partial charge is 0.227 e. The van der Waals surface area contributed by atoms with Gasteiger partial charge in [0.15, 0.2) is 0 Å². The lowest BCUT2D eigenvalue weighted by Crippen LogP contribution is -2.28. The molecule has 5 heteroatoms. The van der Waals surface area contributed by atoms with Gasteiger partial charge in [-0.05, 0) is 35.6 Å². The highest BCUT2D eigenvalue weighted by Gasteiger charge is 2.18. The fraction of sp³-hybridized carbons (Fsp3) is 0.200. The summed E-state index contributed by atoms with van der Waals surface area (Å²) in [6.45, 7) is 2.46. The number of rotatable bonds is 7. The minimum absolute atomic E-state index is 0.0215. The van der Waals surface area contributed by atoms with Crippen molar-refractivity contribution in [2.75, 3.05) is 0 Å². The fourth-order valence-electron chi connectivity index (χ4n) is 2.68. The summed E-state index contributed by atoms with van der Waals surface area (Å²) >= 11 is 2.88. The zero-order valence-electron chi connectivity index (χ0n) is 13.9. The lowest BCUT2D eigenvalue weighted by atomic mass is 9.96. The number of amides is 1. The van der Waals surface area contributed by atoms with Crippen LogP contribution < -0.4 is 5.32 Å². The van der Waals surface area contributed by atoms with Crippen molar-refractivity contribution in [3.8, 4) is 0 Å². The first kappa shape index (κ1) is 17.6. The molecule has 0 aliphatic heterocycles. The van der Waals surface area contributed by atoms with E-state index in [0.29, 0.717) is 11.4 Å². The standard InChI is InChI=1S/C20H19NO2S2/c1-2-16(14-7-4-3-5-8-14)20(23)21-13-15-10-11-18(25-15)19(22)17-9-6-12-24-17/h3-12,16H,2,13H2,1H3,(H,21,23)/t16-/m0/s1. The average Bonchev–Trinajstić information content (AvgIpc) is 3.33. The molecule has 3 rings (SSSR count). The lowest BCUT2D eigenvalue weighted by molar-refractivity contribution is -0.122. The maximum absolute atomic E-state index is 12.5. The third-order valence-electron chi connectivity index (χ3n) is 3.99. The van der Waals surface area contributed by atoms with Crippen LogP contribution in [0.5, 0.6) is 0 Å². The maximum Gasteiger partial charge on any atom is 0.227 e. The molecule has 0 fully saturated rings. The number of hydrogen-bond donors (Lipinski definition) is 1. The first-order valence-corrected chi connectivity index (χ1v) is 9.88. The van der Waals surface area contributed by atoms with E-state index in [9.17, 15) is 9.59 Å². The number of hydrogen-bond acceptors (Lipinski definition) is 4. The third-order valence-corrected chi connectivity index (χ3v) is 5.95. The molecule has 0 aliphatic rings. The molecule has 0 aliphatic carbocycles. The molecule has 1 N–H and O–H groups in total. The van der Waals surface area contributed by atoms with E-state index in [1.54, 1.807) is 0 Å². The number of nitrogens with one attached hydrogen (secondary N) is 1. The van der Waals surface area contributed by atoms with Crippen LogP contribution in [0.3, 0.4) is 0 Å². The first-order chi connectivity index (χ1) is 12.2. The Balaban J connectivity index is 1.62. The van der Waals surface area contributed by atoms with Crippen LogP contribution in [0.4, 0.5) is 0 Å². The van der Waals surface area contributed by atoms with E-state index < -0.39 is 0 Å². The minimum atomic E-state index is -0.145. The van der Waals surface area contributed by atoms with Crippen molar-refractivity contribution in [3.05, 3.63) is 80.2 Å². The Morgan fingerprint density at radius 1 is 1.00 bits per heavy atom. The number of benzene rings is 1. The van der Waals surface area contributed by atoms with Crippen LogP contribution in [0.1, 0.15) is 44.3 Å². The molecule has 0 unspecified atom stereocenters. The fourth-order valence-corrected chi connectivity index (χ4v) is 4.32. The molecular formula is C20H19NO2S2. The molecule has 1 amide bonds. The second-order valence-electron chi connectivity index (χ2n) is 5.66. The van der Waals surface area contributed by atoms with Gasteiger partial charge < -0.3 is 5.32 Å². The van der Waals surface area contributed by atoms with Crippen molar-refractivity contribution in [1.82, 2.24) is 5.32 Å². The second kappa shape index (κ2) is 8.23. The summed E-state index contributed by atoms with van der Waals surface area (Å²) < 4.78 is 0. The molecule has 2 heterocycles. The van der Waals surface area contributed by atoms with Gasteiger partial charge in [-0.3, -0.25) is 9.59 Å². The van der Waals surface area contributed by atoms with E-state index in [2.05, 4.69) is 5.32 Å². The quantitative estimate of drug-likeness (QED) is 0.605. The SMILES string of the molecule is CC[C@H](C(=O)NCc1ccc(C(=O)c2cccs2)s1)c1ccccc1. The van der Waals surface area contributed by atoms with E-state index in [-0.39, 0.29) is 17.6 Å². The molecule has 0 bridgehead atoms. The Labute approximate surface area is 155 Å². The van der Waals surface area contributed by atoms with Crippen molar-refractivity contribution in [3.63, 3.8) is 0 Å². The molecule has 128 valence electrons. The lowest BCUT2D eigenvalue weighted by Gasteiger charge is -2.15. The average molecular weight is 370 g/mol. The third kappa shape index (κ3) is 4.24. The van der Waals surface area contributed by atoms with Crippen LogP contribution >= 0.6 is 22.7 Å². The highest BCUT2D eigenvalue weighted by Crippen LogP contribution is 2.23. The predicted molar refractivity (Wildman–Crippen MR) is 103 cm³/mol. The van der Waals surface area contributed by atoms with Gasteiger partial charge in [0.05, 0.1) is 22.2 Å². The summed E-state index contributed by atoms with van der Waals surface area (Å²) in [5.41, 5.74) is 1.03. The Morgan fingerprint density at radius 2 is 1.80 bits per heavy atom. The summed E-state index contributed by atoms with van der Waals surface area (Å²) in [5.74, 6) is -0.0742. The molecule has 0 saturated carbocycles. The summed E-state index contributed by atoms with van der Waals surface area (Å²) in [5, 5.41) is 4.90. The second-order valence-corrected chi connectivity index (χ2v) is 7.78. The van der Waals surface area contributed by atoms with Gasteiger partial charge in [-0.1, -0.05) is 43.3 Å². The molecule has 0 radical (unpaired) electrons. The van der Waals surface area contributed by atoms with Crippen LogP contribution in [0.25, 0.3) is 0 Å².